The Bertz CT molecular complexity index is 645. The SMILES string of the molecule is CN=C(NCC1CCOc2ccccc21)N1CCC(CN2CCOCC2)C1. The number of nitrogens with one attached hydrogen (secondary N) is 1. The average molecular weight is 373 g/mol. The monoisotopic (exact) mass is 372 g/mol. The van der Waals surface area contributed by atoms with Crippen LogP contribution in [0, 0.1) is 5.92 Å². The molecule has 2 saturated heterocycles. The van der Waals surface area contributed by atoms with Crippen molar-refractivity contribution in [3.63, 3.8) is 0 Å². The molecule has 0 aromatic heterocycles. The molecule has 6 heteroatoms. The van der Waals surface area contributed by atoms with E-state index in [1.165, 1.54) is 18.5 Å². The molecule has 0 spiro atoms. The van der Waals surface area contributed by atoms with E-state index in [-0.39, 0.29) is 0 Å². The number of nitrogens with zero attached hydrogens (tertiary/aromatic N) is 3. The molecule has 0 aliphatic carbocycles. The Morgan fingerprint density at radius 3 is 2.85 bits per heavy atom. The Morgan fingerprint density at radius 1 is 1.15 bits per heavy atom. The molecule has 2 fully saturated rings. The highest BCUT2D eigenvalue weighted by Crippen LogP contribution is 2.32. The van der Waals surface area contributed by atoms with Gasteiger partial charge in [-0.1, -0.05) is 18.2 Å². The Labute approximate surface area is 162 Å². The highest BCUT2D eigenvalue weighted by Gasteiger charge is 2.28. The second kappa shape index (κ2) is 8.93. The zero-order chi connectivity index (χ0) is 18.5. The molecule has 3 aliphatic heterocycles. The first-order chi connectivity index (χ1) is 13.3. The van der Waals surface area contributed by atoms with Gasteiger partial charge in [0.05, 0.1) is 19.8 Å². The summed E-state index contributed by atoms with van der Waals surface area (Å²) in [6.07, 6.45) is 2.30. The Kier molecular flexibility index (Phi) is 6.14. The fourth-order valence-electron chi connectivity index (χ4n) is 4.50. The summed E-state index contributed by atoms with van der Waals surface area (Å²) in [5.41, 5.74) is 1.32. The number of benzene rings is 1. The predicted octanol–water partition coefficient (Wildman–Crippen LogP) is 1.78. The first-order valence-corrected chi connectivity index (χ1v) is 10.3. The molecule has 3 heterocycles. The van der Waals surface area contributed by atoms with E-state index in [9.17, 15) is 0 Å². The van der Waals surface area contributed by atoms with E-state index in [0.29, 0.717) is 5.92 Å². The molecule has 3 aliphatic rings. The molecule has 4 rings (SSSR count). The maximum Gasteiger partial charge on any atom is 0.193 e. The molecule has 6 nitrogen and oxygen atoms in total. The number of morpholine rings is 1. The number of likely N-dealkylation sites (tertiary alicyclic amines) is 1. The number of para-hydroxylation sites is 1. The van der Waals surface area contributed by atoms with Gasteiger partial charge in [-0.25, -0.2) is 0 Å². The summed E-state index contributed by atoms with van der Waals surface area (Å²) >= 11 is 0. The number of ether oxygens (including phenoxy) is 2. The van der Waals surface area contributed by atoms with Crippen molar-refractivity contribution in [2.75, 3.05) is 66.1 Å². The number of hydrogen-bond donors (Lipinski definition) is 1. The van der Waals surface area contributed by atoms with Gasteiger partial charge in [0.1, 0.15) is 5.75 Å². The molecule has 0 saturated carbocycles. The lowest BCUT2D eigenvalue weighted by molar-refractivity contribution is 0.0315. The first-order valence-electron chi connectivity index (χ1n) is 10.3. The van der Waals surface area contributed by atoms with Crippen LogP contribution in [0.5, 0.6) is 5.75 Å². The van der Waals surface area contributed by atoms with Crippen LogP contribution in [0.1, 0.15) is 24.3 Å². The van der Waals surface area contributed by atoms with E-state index in [1.54, 1.807) is 0 Å². The van der Waals surface area contributed by atoms with Crippen molar-refractivity contribution in [1.82, 2.24) is 15.1 Å². The van der Waals surface area contributed by atoms with Gasteiger partial charge in [0, 0.05) is 52.2 Å². The minimum atomic E-state index is 0.485. The minimum Gasteiger partial charge on any atom is -0.493 e. The van der Waals surface area contributed by atoms with Crippen LogP contribution >= 0.6 is 0 Å². The van der Waals surface area contributed by atoms with Crippen molar-refractivity contribution in [3.8, 4) is 5.75 Å². The van der Waals surface area contributed by atoms with Gasteiger partial charge < -0.3 is 19.7 Å². The minimum absolute atomic E-state index is 0.485. The number of guanidine groups is 1. The third-order valence-corrected chi connectivity index (χ3v) is 6.01. The molecule has 1 N–H and O–H groups in total. The maximum atomic E-state index is 5.79. The second-order valence-electron chi connectivity index (χ2n) is 7.81. The zero-order valence-electron chi connectivity index (χ0n) is 16.4. The molecule has 0 radical (unpaired) electrons. The summed E-state index contributed by atoms with van der Waals surface area (Å²) in [4.78, 5) is 9.53. The fraction of sp³-hybridized carbons (Fsp3) is 0.667. The number of fused-ring (bicyclic) bond motifs is 1. The van der Waals surface area contributed by atoms with Crippen molar-refractivity contribution in [3.05, 3.63) is 29.8 Å². The van der Waals surface area contributed by atoms with Crippen LogP contribution in [-0.4, -0.2) is 81.9 Å². The maximum absolute atomic E-state index is 5.79. The van der Waals surface area contributed by atoms with Crippen LogP contribution < -0.4 is 10.1 Å². The van der Waals surface area contributed by atoms with Crippen LogP contribution in [0.25, 0.3) is 0 Å². The molecular weight excluding hydrogens is 340 g/mol. The van der Waals surface area contributed by atoms with Crippen LogP contribution in [0.2, 0.25) is 0 Å². The van der Waals surface area contributed by atoms with Crippen molar-refractivity contribution in [2.24, 2.45) is 10.9 Å². The molecular formula is C21H32N4O2. The third-order valence-electron chi connectivity index (χ3n) is 6.01. The lowest BCUT2D eigenvalue weighted by Gasteiger charge is -2.30. The van der Waals surface area contributed by atoms with E-state index in [4.69, 9.17) is 9.47 Å². The molecule has 0 amide bonds. The normalized spacial score (nSPS) is 26.6. The van der Waals surface area contributed by atoms with E-state index < -0.39 is 0 Å². The van der Waals surface area contributed by atoms with Crippen LogP contribution in [-0.2, 0) is 4.74 Å². The molecule has 1 aromatic rings. The Hall–Kier alpha value is -1.79. The summed E-state index contributed by atoms with van der Waals surface area (Å²) < 4.78 is 11.3. The van der Waals surface area contributed by atoms with Gasteiger partial charge in [0.15, 0.2) is 5.96 Å². The molecule has 1 aromatic carbocycles. The lowest BCUT2D eigenvalue weighted by atomic mass is 9.93. The summed E-state index contributed by atoms with van der Waals surface area (Å²) in [6, 6.07) is 8.42. The highest BCUT2D eigenvalue weighted by atomic mass is 16.5. The molecule has 2 atom stereocenters. The van der Waals surface area contributed by atoms with Gasteiger partial charge in [-0.2, -0.15) is 0 Å². The van der Waals surface area contributed by atoms with Gasteiger partial charge in [-0.15, -0.1) is 0 Å². The Balaban J connectivity index is 1.29. The van der Waals surface area contributed by atoms with Gasteiger partial charge >= 0.3 is 0 Å². The highest BCUT2D eigenvalue weighted by molar-refractivity contribution is 5.80. The van der Waals surface area contributed by atoms with Crippen LogP contribution in [0.3, 0.4) is 0 Å². The molecule has 148 valence electrons. The van der Waals surface area contributed by atoms with Crippen molar-refractivity contribution in [1.29, 1.82) is 0 Å². The first kappa shape index (κ1) is 18.6. The Morgan fingerprint density at radius 2 is 2.00 bits per heavy atom. The topological polar surface area (TPSA) is 49.3 Å². The predicted molar refractivity (Wildman–Crippen MR) is 108 cm³/mol. The smallest absolute Gasteiger partial charge is 0.193 e. The summed E-state index contributed by atoms with van der Waals surface area (Å²) in [5.74, 6) is 3.30. The molecule has 0 bridgehead atoms. The van der Waals surface area contributed by atoms with Crippen LogP contribution in [0.15, 0.2) is 29.3 Å². The number of rotatable bonds is 4. The van der Waals surface area contributed by atoms with Gasteiger partial charge in [0.2, 0.25) is 0 Å². The van der Waals surface area contributed by atoms with Gasteiger partial charge in [0.25, 0.3) is 0 Å². The quantitative estimate of drug-likeness (QED) is 0.645. The van der Waals surface area contributed by atoms with Gasteiger partial charge in [-0.3, -0.25) is 9.89 Å². The zero-order valence-corrected chi connectivity index (χ0v) is 16.4. The largest absolute Gasteiger partial charge is 0.493 e. The molecule has 2 unspecified atom stereocenters. The van der Waals surface area contributed by atoms with E-state index >= 15 is 0 Å². The van der Waals surface area contributed by atoms with Crippen LogP contribution in [0.4, 0.5) is 0 Å². The third kappa shape index (κ3) is 4.55. The summed E-state index contributed by atoms with van der Waals surface area (Å²) in [6.45, 7) is 9.01. The van der Waals surface area contributed by atoms with E-state index in [1.807, 2.05) is 13.1 Å². The van der Waals surface area contributed by atoms with Crippen molar-refractivity contribution < 1.29 is 9.47 Å². The van der Waals surface area contributed by atoms with E-state index in [2.05, 4.69) is 38.3 Å². The second-order valence-corrected chi connectivity index (χ2v) is 7.81. The number of aliphatic imine (C=N–C) groups is 1. The lowest BCUT2D eigenvalue weighted by Crippen LogP contribution is -2.43. The molecule has 27 heavy (non-hydrogen) atoms. The fourth-order valence-corrected chi connectivity index (χ4v) is 4.50. The summed E-state index contributed by atoms with van der Waals surface area (Å²) in [7, 11) is 1.90. The van der Waals surface area contributed by atoms with Gasteiger partial charge in [-0.05, 0) is 30.4 Å². The summed E-state index contributed by atoms with van der Waals surface area (Å²) in [5, 5.41) is 3.63. The number of hydrogen-bond acceptors (Lipinski definition) is 4. The van der Waals surface area contributed by atoms with E-state index in [0.717, 1.165) is 76.6 Å². The van der Waals surface area contributed by atoms with Crippen molar-refractivity contribution >= 4 is 5.96 Å². The van der Waals surface area contributed by atoms with Crippen molar-refractivity contribution in [2.45, 2.75) is 18.8 Å². The standard InChI is InChI=1S/C21H32N4O2/c1-22-21(23-14-18-7-11-27-20-5-3-2-4-19(18)20)25-8-6-17(16-25)15-24-9-12-26-13-10-24/h2-5,17-18H,6-16H2,1H3,(H,22,23). The average Bonchev–Trinajstić information content (AvgIpc) is 3.17.